The number of ether oxygens (including phenoxy) is 2. The molecular formula is C15H16N2O5. The van der Waals surface area contributed by atoms with Crippen LogP contribution in [0.5, 0.6) is 11.5 Å². The third-order valence-electron chi connectivity index (χ3n) is 3.27. The fraction of sp³-hybridized carbons (Fsp3) is 0.200. The van der Waals surface area contributed by atoms with Crippen LogP contribution in [0.15, 0.2) is 35.3 Å². The van der Waals surface area contributed by atoms with Crippen molar-refractivity contribution in [3.05, 3.63) is 51.9 Å². The highest BCUT2D eigenvalue weighted by molar-refractivity contribution is 5.93. The van der Waals surface area contributed by atoms with Crippen molar-refractivity contribution < 1.29 is 19.4 Å². The summed E-state index contributed by atoms with van der Waals surface area (Å²) < 4.78 is 11.7. The zero-order chi connectivity index (χ0) is 16.3. The first-order valence-electron chi connectivity index (χ1n) is 6.41. The van der Waals surface area contributed by atoms with Gasteiger partial charge in [0.25, 0.3) is 5.56 Å². The van der Waals surface area contributed by atoms with E-state index in [0.29, 0.717) is 11.5 Å². The molecule has 0 spiro atoms. The maximum atomic E-state index is 12.1. The molecule has 1 aromatic heterocycles. The van der Waals surface area contributed by atoms with Gasteiger partial charge >= 0.3 is 5.97 Å². The summed E-state index contributed by atoms with van der Waals surface area (Å²) in [5, 5.41) is 8.95. The van der Waals surface area contributed by atoms with Crippen LogP contribution in [-0.2, 0) is 6.54 Å². The maximum Gasteiger partial charge on any atom is 0.338 e. The Labute approximate surface area is 126 Å². The quantitative estimate of drug-likeness (QED) is 0.860. The topological polar surface area (TPSA) is 104 Å². The summed E-state index contributed by atoms with van der Waals surface area (Å²) >= 11 is 0. The number of rotatable bonds is 5. The van der Waals surface area contributed by atoms with Gasteiger partial charge in [-0.15, -0.1) is 0 Å². The summed E-state index contributed by atoms with van der Waals surface area (Å²) in [5.41, 5.74) is 5.28. The number of aromatic nitrogens is 1. The molecule has 22 heavy (non-hydrogen) atoms. The summed E-state index contributed by atoms with van der Waals surface area (Å²) in [7, 11) is 3.06. The summed E-state index contributed by atoms with van der Waals surface area (Å²) in [6, 6.07) is 6.52. The van der Waals surface area contributed by atoms with E-state index in [1.54, 1.807) is 25.3 Å². The Morgan fingerprint density at radius 3 is 2.59 bits per heavy atom. The van der Waals surface area contributed by atoms with Crippen molar-refractivity contribution in [3.63, 3.8) is 0 Å². The molecule has 0 amide bonds. The number of hydrogen-bond donors (Lipinski definition) is 2. The van der Waals surface area contributed by atoms with Crippen LogP contribution in [0.2, 0.25) is 0 Å². The second-order valence-electron chi connectivity index (χ2n) is 4.56. The predicted molar refractivity (Wildman–Crippen MR) is 80.7 cm³/mol. The van der Waals surface area contributed by atoms with Crippen molar-refractivity contribution in [2.45, 2.75) is 6.54 Å². The van der Waals surface area contributed by atoms with Crippen LogP contribution in [-0.4, -0.2) is 29.9 Å². The van der Waals surface area contributed by atoms with E-state index in [2.05, 4.69) is 0 Å². The highest BCUT2D eigenvalue weighted by Crippen LogP contribution is 2.25. The van der Waals surface area contributed by atoms with Crippen LogP contribution in [0.25, 0.3) is 0 Å². The molecule has 7 heteroatoms. The molecule has 0 aliphatic carbocycles. The lowest BCUT2D eigenvalue weighted by molar-refractivity contribution is 0.0697. The van der Waals surface area contributed by atoms with Gasteiger partial charge in [-0.25, -0.2) is 4.79 Å². The average molecular weight is 304 g/mol. The van der Waals surface area contributed by atoms with Gasteiger partial charge in [0.1, 0.15) is 17.2 Å². The van der Waals surface area contributed by atoms with Gasteiger partial charge in [-0.05, 0) is 18.2 Å². The molecule has 0 fully saturated rings. The molecule has 0 saturated carbocycles. The number of aromatic carboxylic acids is 1. The molecule has 1 heterocycles. The molecule has 0 unspecified atom stereocenters. The number of benzene rings is 1. The molecule has 1 aromatic carbocycles. The highest BCUT2D eigenvalue weighted by Gasteiger charge is 2.14. The van der Waals surface area contributed by atoms with Crippen LogP contribution in [0, 0.1) is 0 Å². The van der Waals surface area contributed by atoms with E-state index in [4.69, 9.17) is 20.3 Å². The van der Waals surface area contributed by atoms with Gasteiger partial charge in [0.15, 0.2) is 0 Å². The number of carbonyl (C=O) groups is 1. The largest absolute Gasteiger partial charge is 0.497 e. The van der Waals surface area contributed by atoms with Gasteiger partial charge in [-0.2, -0.15) is 0 Å². The van der Waals surface area contributed by atoms with E-state index in [1.165, 1.54) is 23.9 Å². The van der Waals surface area contributed by atoms with Gasteiger partial charge in [0, 0.05) is 17.8 Å². The van der Waals surface area contributed by atoms with Gasteiger partial charge in [-0.3, -0.25) is 4.79 Å². The molecule has 116 valence electrons. The Bertz CT molecular complexity index is 767. The highest BCUT2D eigenvalue weighted by atomic mass is 16.5. The van der Waals surface area contributed by atoms with Gasteiger partial charge in [-0.1, -0.05) is 0 Å². The normalized spacial score (nSPS) is 10.3. The number of nitrogens with two attached hydrogens (primary N) is 1. The van der Waals surface area contributed by atoms with Crippen molar-refractivity contribution in [2.75, 3.05) is 20.0 Å². The van der Waals surface area contributed by atoms with Crippen LogP contribution >= 0.6 is 0 Å². The van der Waals surface area contributed by atoms with Crippen molar-refractivity contribution >= 4 is 11.7 Å². The van der Waals surface area contributed by atoms with Crippen LogP contribution < -0.4 is 20.8 Å². The molecule has 7 nitrogen and oxygen atoms in total. The van der Waals surface area contributed by atoms with E-state index in [-0.39, 0.29) is 17.8 Å². The monoisotopic (exact) mass is 304 g/mol. The number of hydrogen-bond acceptors (Lipinski definition) is 5. The Morgan fingerprint density at radius 1 is 1.27 bits per heavy atom. The second-order valence-corrected chi connectivity index (χ2v) is 4.56. The Hall–Kier alpha value is -2.96. The fourth-order valence-corrected chi connectivity index (χ4v) is 2.07. The number of anilines is 1. The zero-order valence-corrected chi connectivity index (χ0v) is 12.2. The molecule has 0 bridgehead atoms. The van der Waals surface area contributed by atoms with Gasteiger partial charge < -0.3 is 24.9 Å². The summed E-state index contributed by atoms with van der Waals surface area (Å²) in [4.78, 5) is 23.1. The number of carboxylic acid groups (broad SMARTS) is 1. The summed E-state index contributed by atoms with van der Waals surface area (Å²) in [5.74, 6) is -0.0374. The van der Waals surface area contributed by atoms with Crippen LogP contribution in [0.3, 0.4) is 0 Å². The predicted octanol–water partition coefficient (Wildman–Crippen LogP) is 1.19. The molecule has 0 saturated heterocycles. The minimum Gasteiger partial charge on any atom is -0.497 e. The molecule has 2 aromatic rings. The molecule has 0 aliphatic heterocycles. The molecule has 0 aliphatic rings. The van der Waals surface area contributed by atoms with E-state index in [9.17, 15) is 9.59 Å². The minimum absolute atomic E-state index is 0.204. The summed E-state index contributed by atoms with van der Waals surface area (Å²) in [6.07, 6.45) is 1.39. The Morgan fingerprint density at radius 2 is 2.00 bits per heavy atom. The third kappa shape index (κ3) is 2.88. The second kappa shape index (κ2) is 6.21. The van der Waals surface area contributed by atoms with Gasteiger partial charge in [0.05, 0.1) is 26.3 Å². The Kier molecular flexibility index (Phi) is 4.36. The maximum absolute atomic E-state index is 12.1. The zero-order valence-electron chi connectivity index (χ0n) is 12.2. The van der Waals surface area contributed by atoms with E-state index < -0.39 is 11.5 Å². The first-order valence-corrected chi connectivity index (χ1v) is 6.41. The number of methoxy groups -OCH3 is 2. The van der Waals surface area contributed by atoms with Crippen molar-refractivity contribution in [3.8, 4) is 11.5 Å². The first-order chi connectivity index (χ1) is 10.5. The lowest BCUT2D eigenvalue weighted by Gasteiger charge is -2.12. The molecule has 0 radical (unpaired) electrons. The lowest BCUT2D eigenvalue weighted by Crippen LogP contribution is -2.25. The third-order valence-corrected chi connectivity index (χ3v) is 3.27. The Balaban J connectivity index is 2.42. The molecule has 3 N–H and O–H groups in total. The molecule has 0 atom stereocenters. The number of nitrogens with zero attached hydrogens (tertiary/aromatic N) is 1. The fourth-order valence-electron chi connectivity index (χ4n) is 2.07. The van der Waals surface area contributed by atoms with Crippen molar-refractivity contribution in [2.24, 2.45) is 0 Å². The van der Waals surface area contributed by atoms with E-state index in [0.717, 1.165) is 5.56 Å². The lowest BCUT2D eigenvalue weighted by atomic mass is 10.1. The standard InChI is InChI=1S/C15H16N2O5/c1-21-10-4-3-9(12(7-10)22-2)8-17-6-5-11(15(19)20)13(16)14(17)18/h3-7H,8,16H2,1-2H3,(H,19,20). The average Bonchev–Trinajstić information content (AvgIpc) is 2.51. The van der Waals surface area contributed by atoms with E-state index in [1.807, 2.05) is 0 Å². The van der Waals surface area contributed by atoms with Crippen molar-refractivity contribution in [1.29, 1.82) is 0 Å². The van der Waals surface area contributed by atoms with Gasteiger partial charge in [0.2, 0.25) is 0 Å². The van der Waals surface area contributed by atoms with E-state index >= 15 is 0 Å². The van der Waals surface area contributed by atoms with Crippen LogP contribution in [0.4, 0.5) is 5.69 Å². The van der Waals surface area contributed by atoms with Crippen LogP contribution in [0.1, 0.15) is 15.9 Å². The number of nitrogen functional groups attached to an aromatic ring is 1. The molecule has 2 rings (SSSR count). The SMILES string of the molecule is COc1ccc(Cn2ccc(C(=O)O)c(N)c2=O)c(OC)c1. The first kappa shape index (κ1) is 15.4. The smallest absolute Gasteiger partial charge is 0.338 e. The number of pyridine rings is 1. The van der Waals surface area contributed by atoms with Crippen molar-refractivity contribution in [1.82, 2.24) is 4.57 Å². The summed E-state index contributed by atoms with van der Waals surface area (Å²) in [6.45, 7) is 0.204. The molecular weight excluding hydrogens is 288 g/mol. The number of carboxylic acids is 1. The minimum atomic E-state index is -1.23.